The van der Waals surface area contributed by atoms with E-state index in [2.05, 4.69) is 234 Å². The van der Waals surface area contributed by atoms with Crippen molar-refractivity contribution in [2.75, 3.05) is 0 Å². The standard InChI is InChI=1S/C62H72B2/c1-21-39-23-29-51-41(31-39)25-27-43-33-54-44(34-53(43)63(51)55-47(59(9,10)11)35-45(57(3,4)5)36-48(55)60(12,13)14)28-26-42-32-40(22-2)24-30-52(42)64(54)56-49(61(15,16)17)37-46(58(6,7)8)38-50(56)62(18,19)20/h1-2,23-38H,3-20H3. The lowest BCUT2D eigenvalue weighted by Crippen LogP contribution is -2.60. The smallest absolute Gasteiger partial charge is 0.115 e. The van der Waals surface area contributed by atoms with Gasteiger partial charge in [-0.25, -0.2) is 0 Å². The summed E-state index contributed by atoms with van der Waals surface area (Å²) in [5.74, 6) is 5.91. The molecule has 2 heteroatoms. The van der Waals surface area contributed by atoms with Gasteiger partial charge in [0.25, 0.3) is 0 Å². The molecule has 2 aliphatic heterocycles. The van der Waals surface area contributed by atoms with Gasteiger partial charge in [0.2, 0.25) is 13.4 Å². The second-order valence-electron chi connectivity index (χ2n) is 25.1. The molecule has 0 spiro atoms. The molecule has 7 rings (SSSR count). The Morgan fingerprint density at radius 3 is 0.828 bits per heavy atom. The van der Waals surface area contributed by atoms with E-state index < -0.39 is 0 Å². The minimum absolute atomic E-state index is 0.0185. The first-order chi connectivity index (χ1) is 29.4. The van der Waals surface area contributed by atoms with Crippen LogP contribution in [0.3, 0.4) is 0 Å². The van der Waals surface area contributed by atoms with Crippen molar-refractivity contribution in [2.45, 2.75) is 157 Å². The average molecular weight is 839 g/mol. The van der Waals surface area contributed by atoms with Gasteiger partial charge in [-0.1, -0.05) is 242 Å². The van der Waals surface area contributed by atoms with E-state index >= 15 is 0 Å². The molecule has 0 saturated carbocycles. The Morgan fingerprint density at radius 2 is 0.594 bits per heavy atom. The van der Waals surface area contributed by atoms with Crippen LogP contribution in [-0.4, -0.2) is 13.4 Å². The maximum absolute atomic E-state index is 6.12. The van der Waals surface area contributed by atoms with Crippen molar-refractivity contribution in [1.29, 1.82) is 0 Å². The predicted octanol–water partition coefficient (Wildman–Crippen LogP) is 11.4. The maximum Gasteiger partial charge on any atom is 0.243 e. The van der Waals surface area contributed by atoms with E-state index in [1.54, 1.807) is 0 Å². The van der Waals surface area contributed by atoms with Crippen molar-refractivity contribution >= 4 is 70.5 Å². The normalized spacial score (nSPS) is 14.2. The van der Waals surface area contributed by atoms with E-state index in [1.807, 2.05) is 0 Å². The van der Waals surface area contributed by atoms with Gasteiger partial charge in [-0.15, -0.1) is 12.8 Å². The number of fused-ring (bicyclic) bond motifs is 4. The van der Waals surface area contributed by atoms with E-state index in [0.717, 1.165) is 11.1 Å². The van der Waals surface area contributed by atoms with Crippen molar-refractivity contribution in [2.24, 2.45) is 0 Å². The highest BCUT2D eigenvalue weighted by Crippen LogP contribution is 2.37. The molecule has 0 amide bonds. The third kappa shape index (κ3) is 8.68. The van der Waals surface area contributed by atoms with E-state index in [-0.39, 0.29) is 45.9 Å². The van der Waals surface area contributed by atoms with Gasteiger partial charge in [0.1, 0.15) is 0 Å². The lowest BCUT2D eigenvalue weighted by atomic mass is 9.31. The molecule has 2 aliphatic rings. The highest BCUT2D eigenvalue weighted by Gasteiger charge is 2.41. The van der Waals surface area contributed by atoms with Crippen molar-refractivity contribution < 1.29 is 0 Å². The van der Waals surface area contributed by atoms with Crippen LogP contribution in [0.5, 0.6) is 0 Å². The highest BCUT2D eigenvalue weighted by atomic mass is 14.3. The van der Waals surface area contributed by atoms with Gasteiger partial charge in [0.15, 0.2) is 0 Å². The number of terminal acetylenes is 2. The first-order valence-electron chi connectivity index (χ1n) is 23.6. The molecular weight excluding hydrogens is 766 g/mol. The van der Waals surface area contributed by atoms with Crippen LogP contribution in [0.1, 0.15) is 191 Å². The summed E-state index contributed by atoms with van der Waals surface area (Å²) in [5, 5.41) is 0. The van der Waals surface area contributed by atoms with E-state index in [4.69, 9.17) is 12.8 Å². The molecule has 0 atom stereocenters. The van der Waals surface area contributed by atoms with Crippen LogP contribution >= 0.6 is 0 Å². The summed E-state index contributed by atoms with van der Waals surface area (Å²) in [7, 11) is 0. The Bertz CT molecular complexity index is 2570. The summed E-state index contributed by atoms with van der Waals surface area (Å²) in [6, 6.07) is 28.6. The SMILES string of the molecule is C#Cc1ccc2c(c1)C=Cc1cc3c(cc1B2c1c(C(C)(C)C)cc(C(C)(C)C)cc1C(C)(C)C)C=Cc1cc(C#C)ccc1B3c1c(C(C)(C)C)cc(C(C)(C)C)cc1C(C)(C)C. The summed E-state index contributed by atoms with van der Waals surface area (Å²) < 4.78 is 0. The topological polar surface area (TPSA) is 0 Å². The Balaban J connectivity index is 1.67. The van der Waals surface area contributed by atoms with Gasteiger partial charge in [-0.3, -0.25) is 0 Å². The Kier molecular flexibility index (Phi) is 11.5. The van der Waals surface area contributed by atoms with Crippen LogP contribution in [0.25, 0.3) is 24.3 Å². The Morgan fingerprint density at radius 1 is 0.328 bits per heavy atom. The third-order valence-electron chi connectivity index (χ3n) is 13.8. The van der Waals surface area contributed by atoms with Crippen LogP contribution in [0.15, 0.2) is 72.8 Å². The fourth-order valence-corrected chi connectivity index (χ4v) is 10.2. The molecule has 2 heterocycles. The average Bonchev–Trinajstić information content (AvgIpc) is 3.43. The molecule has 0 saturated heterocycles. The van der Waals surface area contributed by atoms with Gasteiger partial charge in [0, 0.05) is 11.1 Å². The molecule has 0 N–H and O–H groups in total. The minimum Gasteiger partial charge on any atom is -0.115 e. The summed E-state index contributed by atoms with van der Waals surface area (Å²) >= 11 is 0. The fourth-order valence-electron chi connectivity index (χ4n) is 10.2. The van der Waals surface area contributed by atoms with Crippen molar-refractivity contribution in [3.8, 4) is 24.7 Å². The molecule has 0 bridgehead atoms. The van der Waals surface area contributed by atoms with Crippen LogP contribution in [0.4, 0.5) is 0 Å². The Hall–Kier alpha value is -5.17. The second kappa shape index (κ2) is 15.8. The maximum atomic E-state index is 6.12. The second-order valence-corrected chi connectivity index (χ2v) is 25.1. The molecule has 0 radical (unpaired) electrons. The van der Waals surface area contributed by atoms with Gasteiger partial charge in [0.05, 0.1) is 0 Å². The molecule has 326 valence electrons. The monoisotopic (exact) mass is 839 g/mol. The zero-order valence-corrected chi connectivity index (χ0v) is 42.5. The molecule has 64 heavy (non-hydrogen) atoms. The van der Waals surface area contributed by atoms with Gasteiger partial charge in [-0.05, 0) is 112 Å². The van der Waals surface area contributed by atoms with Crippen LogP contribution in [-0.2, 0) is 32.5 Å². The number of benzene rings is 5. The van der Waals surface area contributed by atoms with Crippen molar-refractivity contribution in [3.05, 3.63) is 140 Å². The van der Waals surface area contributed by atoms with E-state index in [9.17, 15) is 0 Å². The summed E-state index contributed by atoms with van der Waals surface area (Å²) in [4.78, 5) is 0. The van der Waals surface area contributed by atoms with Gasteiger partial charge < -0.3 is 0 Å². The summed E-state index contributed by atoms with van der Waals surface area (Å²) in [6.45, 7) is 42.6. The van der Waals surface area contributed by atoms with Gasteiger partial charge in [-0.2, -0.15) is 0 Å². The highest BCUT2D eigenvalue weighted by molar-refractivity contribution is 6.99. The van der Waals surface area contributed by atoms with Crippen molar-refractivity contribution in [1.82, 2.24) is 0 Å². The predicted molar refractivity (Wildman–Crippen MR) is 287 cm³/mol. The zero-order valence-electron chi connectivity index (χ0n) is 42.5. The van der Waals surface area contributed by atoms with Crippen LogP contribution < -0.4 is 32.8 Å². The number of hydrogen-bond donors (Lipinski definition) is 0. The van der Waals surface area contributed by atoms with Crippen LogP contribution in [0.2, 0.25) is 0 Å². The number of hydrogen-bond acceptors (Lipinski definition) is 0. The molecular formula is C62H72B2. The molecule has 0 nitrogen and oxygen atoms in total. The molecule has 0 aromatic heterocycles. The number of rotatable bonds is 2. The molecule has 5 aromatic rings. The minimum atomic E-state index is -0.131. The van der Waals surface area contributed by atoms with Crippen molar-refractivity contribution in [3.63, 3.8) is 0 Å². The first-order valence-corrected chi connectivity index (χ1v) is 23.6. The fraction of sp³-hybridized carbons (Fsp3) is 0.387. The Labute approximate surface area is 390 Å². The first kappa shape index (κ1) is 46.8. The van der Waals surface area contributed by atoms with E-state index in [0.29, 0.717) is 0 Å². The molecule has 0 aliphatic carbocycles. The zero-order chi connectivity index (χ0) is 47.3. The lowest BCUT2D eigenvalue weighted by Gasteiger charge is -2.37. The quantitative estimate of drug-likeness (QED) is 0.120. The van der Waals surface area contributed by atoms with Crippen LogP contribution in [0, 0.1) is 24.7 Å². The molecule has 0 fully saturated rings. The summed E-state index contributed by atoms with van der Waals surface area (Å²) in [5.41, 5.74) is 22.4. The third-order valence-corrected chi connectivity index (χ3v) is 13.8. The molecule has 0 unspecified atom stereocenters. The molecule has 5 aromatic carbocycles. The van der Waals surface area contributed by atoms with E-state index in [1.165, 1.54) is 88.4 Å². The summed E-state index contributed by atoms with van der Waals surface area (Å²) in [6.07, 6.45) is 21.6. The lowest BCUT2D eigenvalue weighted by molar-refractivity contribution is 0.552. The van der Waals surface area contributed by atoms with Gasteiger partial charge >= 0.3 is 0 Å². The largest absolute Gasteiger partial charge is 0.243 e.